The molecule has 26 heavy (non-hydrogen) atoms. The van der Waals surface area contributed by atoms with E-state index in [0.29, 0.717) is 30.2 Å². The zero-order valence-corrected chi connectivity index (χ0v) is 15.6. The van der Waals surface area contributed by atoms with Gasteiger partial charge in [-0.05, 0) is 36.5 Å². The maximum Gasteiger partial charge on any atom is 0.147 e. The van der Waals surface area contributed by atoms with Gasteiger partial charge in [-0.3, -0.25) is 0 Å². The third kappa shape index (κ3) is 4.26. The lowest BCUT2D eigenvalue weighted by atomic mass is 9.94. The van der Waals surface area contributed by atoms with Gasteiger partial charge < -0.3 is 19.9 Å². The van der Waals surface area contributed by atoms with E-state index >= 15 is 0 Å². The van der Waals surface area contributed by atoms with Crippen molar-refractivity contribution in [2.75, 3.05) is 19.8 Å². The molecule has 1 saturated carbocycles. The van der Waals surface area contributed by atoms with Crippen LogP contribution < -0.4 is 10.6 Å². The predicted octanol–water partition coefficient (Wildman–Crippen LogP) is 2.68. The van der Waals surface area contributed by atoms with Crippen molar-refractivity contribution < 1.29 is 9.13 Å². The lowest BCUT2D eigenvalue weighted by molar-refractivity contribution is 0.0524. The molecule has 0 radical (unpaired) electrons. The molecule has 7 heteroatoms. The van der Waals surface area contributed by atoms with Gasteiger partial charge in [0, 0.05) is 37.6 Å². The number of aromatic nitrogens is 2. The second-order valence-electron chi connectivity index (χ2n) is 6.97. The van der Waals surface area contributed by atoms with Crippen molar-refractivity contribution in [3.63, 3.8) is 0 Å². The van der Waals surface area contributed by atoms with Crippen LogP contribution in [0.4, 0.5) is 4.39 Å². The smallest absolute Gasteiger partial charge is 0.147 e. The highest BCUT2D eigenvalue weighted by Crippen LogP contribution is 2.29. The number of nitrogens with one attached hydrogen (secondary N) is 2. The van der Waals surface area contributed by atoms with Crippen LogP contribution in [0, 0.1) is 11.7 Å². The monoisotopic (exact) mass is 380 g/mol. The highest BCUT2D eigenvalue weighted by atomic mass is 35.5. The minimum Gasteiger partial charge on any atom is -0.379 e. The molecule has 5 nitrogen and oxygen atoms in total. The summed E-state index contributed by atoms with van der Waals surface area (Å²) < 4.78 is 21.7. The number of halogens is 2. The molecule has 3 atom stereocenters. The Kier molecular flexibility index (Phi) is 6.64. The van der Waals surface area contributed by atoms with Crippen LogP contribution in [0.2, 0.25) is 0 Å². The molecule has 142 valence electrons. The summed E-state index contributed by atoms with van der Waals surface area (Å²) in [6.45, 7) is 3.24. The van der Waals surface area contributed by atoms with Crippen LogP contribution in [0.25, 0.3) is 5.69 Å². The average molecular weight is 381 g/mol. The summed E-state index contributed by atoms with van der Waals surface area (Å²) in [6, 6.07) is 6.33. The first-order chi connectivity index (χ1) is 12.3. The zero-order chi connectivity index (χ0) is 17.1. The van der Waals surface area contributed by atoms with E-state index in [1.54, 1.807) is 29.4 Å². The molecule has 2 N–H and O–H groups in total. The van der Waals surface area contributed by atoms with Crippen LogP contribution in [-0.4, -0.2) is 41.4 Å². The zero-order valence-electron chi connectivity index (χ0n) is 14.7. The molecule has 2 heterocycles. The lowest BCUT2D eigenvalue weighted by Crippen LogP contribution is -2.50. The predicted molar refractivity (Wildman–Crippen MR) is 101 cm³/mol. The fraction of sp³-hybridized carbons (Fsp3) is 0.526. The van der Waals surface area contributed by atoms with Gasteiger partial charge in [0.05, 0.1) is 25.2 Å². The summed E-state index contributed by atoms with van der Waals surface area (Å²) in [6.07, 6.45) is 8.66. The number of morpholine rings is 1. The fourth-order valence-corrected chi connectivity index (χ4v) is 4.10. The minimum atomic E-state index is -0.220. The third-order valence-corrected chi connectivity index (χ3v) is 5.40. The molecular weight excluding hydrogens is 355 g/mol. The van der Waals surface area contributed by atoms with E-state index in [0.717, 1.165) is 25.3 Å². The van der Waals surface area contributed by atoms with Gasteiger partial charge in [0.2, 0.25) is 0 Å². The van der Waals surface area contributed by atoms with Crippen molar-refractivity contribution in [1.82, 2.24) is 20.2 Å². The largest absolute Gasteiger partial charge is 0.379 e. The van der Waals surface area contributed by atoms with Crippen molar-refractivity contribution in [3.8, 4) is 5.69 Å². The first-order valence-corrected chi connectivity index (χ1v) is 9.12. The highest BCUT2D eigenvalue weighted by Gasteiger charge is 2.34. The maximum atomic E-state index is 14.4. The Morgan fingerprint density at radius 3 is 3.00 bits per heavy atom. The number of nitrogens with zero attached hydrogens (tertiary/aromatic N) is 2. The molecular formula is C19H26ClFN4O. The van der Waals surface area contributed by atoms with Gasteiger partial charge in [-0.2, -0.15) is 0 Å². The standard InChI is InChI=1S/C19H25FN4O.ClH/c20-16-10-14(4-5-19(16)24-8-6-21-13-24)11-23-17-3-1-2-15(17)18-12-25-9-7-22-18;/h4-6,8,10,13,15,17-18,22-23H,1-3,7,9,11-12H2;1H. The van der Waals surface area contributed by atoms with Crippen molar-refractivity contribution in [3.05, 3.63) is 48.3 Å². The second kappa shape index (κ2) is 8.95. The van der Waals surface area contributed by atoms with Crippen LogP contribution >= 0.6 is 12.4 Å². The van der Waals surface area contributed by atoms with E-state index in [2.05, 4.69) is 15.6 Å². The molecule has 1 aromatic carbocycles. The van der Waals surface area contributed by atoms with Crippen LogP contribution in [0.3, 0.4) is 0 Å². The molecule has 2 aromatic rings. The molecule has 0 amide bonds. The Hall–Kier alpha value is -1.47. The van der Waals surface area contributed by atoms with Crippen molar-refractivity contribution >= 4 is 12.4 Å². The number of ether oxygens (including phenoxy) is 1. The number of benzene rings is 1. The normalized spacial score (nSPS) is 25.8. The van der Waals surface area contributed by atoms with Crippen molar-refractivity contribution in [1.29, 1.82) is 0 Å². The van der Waals surface area contributed by atoms with Gasteiger partial charge in [-0.1, -0.05) is 12.5 Å². The number of rotatable bonds is 5. The summed E-state index contributed by atoms with van der Waals surface area (Å²) in [5, 5.41) is 7.23. The first kappa shape index (κ1) is 19.3. The SMILES string of the molecule is Cl.Fc1cc(CNC2CCCC2C2COCCN2)ccc1-n1ccnc1. The fourth-order valence-electron chi connectivity index (χ4n) is 4.10. The van der Waals surface area contributed by atoms with Gasteiger partial charge in [0.1, 0.15) is 5.82 Å². The second-order valence-corrected chi connectivity index (χ2v) is 6.97. The van der Waals surface area contributed by atoms with Gasteiger partial charge in [0.25, 0.3) is 0 Å². The first-order valence-electron chi connectivity index (χ1n) is 9.12. The summed E-state index contributed by atoms with van der Waals surface area (Å²) in [7, 11) is 0. The molecule has 1 aromatic heterocycles. The van der Waals surface area contributed by atoms with E-state index in [4.69, 9.17) is 4.74 Å². The number of hydrogen-bond acceptors (Lipinski definition) is 4. The molecule has 2 fully saturated rings. The Morgan fingerprint density at radius 2 is 2.27 bits per heavy atom. The Balaban J connectivity index is 0.00000196. The maximum absolute atomic E-state index is 14.4. The van der Waals surface area contributed by atoms with Gasteiger partial charge in [0.15, 0.2) is 0 Å². The van der Waals surface area contributed by atoms with Crippen LogP contribution in [0.1, 0.15) is 24.8 Å². The Bertz CT molecular complexity index is 691. The van der Waals surface area contributed by atoms with E-state index in [1.165, 1.54) is 19.3 Å². The molecule has 3 unspecified atom stereocenters. The summed E-state index contributed by atoms with van der Waals surface area (Å²) in [4.78, 5) is 3.97. The minimum absolute atomic E-state index is 0. The van der Waals surface area contributed by atoms with Crippen LogP contribution in [-0.2, 0) is 11.3 Å². The number of hydrogen-bond donors (Lipinski definition) is 2. The summed E-state index contributed by atoms with van der Waals surface area (Å²) >= 11 is 0. The van der Waals surface area contributed by atoms with E-state index in [9.17, 15) is 4.39 Å². The van der Waals surface area contributed by atoms with Crippen molar-refractivity contribution in [2.45, 2.75) is 37.9 Å². The van der Waals surface area contributed by atoms with Crippen LogP contribution in [0.5, 0.6) is 0 Å². The summed E-state index contributed by atoms with van der Waals surface area (Å²) in [5.41, 5.74) is 1.50. The lowest BCUT2D eigenvalue weighted by Gasteiger charge is -2.33. The molecule has 1 aliphatic heterocycles. The van der Waals surface area contributed by atoms with E-state index in [-0.39, 0.29) is 18.2 Å². The Labute approximate surface area is 159 Å². The average Bonchev–Trinajstić information content (AvgIpc) is 3.32. The summed E-state index contributed by atoms with van der Waals surface area (Å²) in [5.74, 6) is 0.373. The van der Waals surface area contributed by atoms with Gasteiger partial charge in [-0.15, -0.1) is 12.4 Å². The van der Waals surface area contributed by atoms with Gasteiger partial charge in [-0.25, -0.2) is 9.37 Å². The molecule has 0 bridgehead atoms. The van der Waals surface area contributed by atoms with E-state index < -0.39 is 0 Å². The number of imidazole rings is 1. The van der Waals surface area contributed by atoms with Gasteiger partial charge >= 0.3 is 0 Å². The third-order valence-electron chi connectivity index (χ3n) is 5.40. The molecule has 0 spiro atoms. The van der Waals surface area contributed by atoms with Crippen LogP contribution in [0.15, 0.2) is 36.9 Å². The molecule has 1 aliphatic carbocycles. The Morgan fingerprint density at radius 1 is 1.35 bits per heavy atom. The molecule has 4 rings (SSSR count). The highest BCUT2D eigenvalue weighted by molar-refractivity contribution is 5.85. The van der Waals surface area contributed by atoms with Crippen molar-refractivity contribution in [2.24, 2.45) is 5.92 Å². The molecule has 1 saturated heterocycles. The quantitative estimate of drug-likeness (QED) is 0.837. The topological polar surface area (TPSA) is 51.1 Å². The molecule has 2 aliphatic rings. The van der Waals surface area contributed by atoms with E-state index in [1.807, 2.05) is 12.1 Å².